The predicted octanol–water partition coefficient (Wildman–Crippen LogP) is 2.84. The average Bonchev–Trinajstić information content (AvgIpc) is 2.71. The fourth-order valence-corrected chi connectivity index (χ4v) is 3.29. The van der Waals surface area contributed by atoms with Crippen LogP contribution in [0, 0.1) is 0 Å². The summed E-state index contributed by atoms with van der Waals surface area (Å²) in [7, 11) is 0. The van der Waals surface area contributed by atoms with Crippen molar-refractivity contribution in [1.29, 1.82) is 0 Å². The summed E-state index contributed by atoms with van der Waals surface area (Å²) in [6.45, 7) is 6.65. The van der Waals surface area contributed by atoms with Gasteiger partial charge < -0.3 is 20.1 Å². The molecule has 0 aliphatic carbocycles. The summed E-state index contributed by atoms with van der Waals surface area (Å²) in [6, 6.07) is 12.1. The van der Waals surface area contributed by atoms with E-state index in [9.17, 15) is 0 Å². The van der Waals surface area contributed by atoms with Crippen LogP contribution in [-0.4, -0.2) is 54.5 Å². The minimum Gasteiger partial charge on any atom is -0.494 e. The molecule has 6 nitrogen and oxygen atoms in total. The van der Waals surface area contributed by atoms with Crippen molar-refractivity contribution in [2.75, 3.05) is 44.8 Å². The van der Waals surface area contributed by atoms with Crippen molar-refractivity contribution in [3.63, 3.8) is 0 Å². The number of morpholine rings is 1. The number of hydrogen-bond acceptors (Lipinski definition) is 5. The van der Waals surface area contributed by atoms with Crippen LogP contribution in [0.1, 0.15) is 18.5 Å². The fraction of sp³-hybridized carbons (Fsp3) is 0.400. The monoisotopic (exact) mass is 386 g/mol. The highest BCUT2D eigenvalue weighted by molar-refractivity contribution is 7.80. The molecular formula is C20H26N4O2S. The van der Waals surface area contributed by atoms with E-state index in [1.165, 1.54) is 5.56 Å². The topological polar surface area (TPSA) is 58.7 Å². The van der Waals surface area contributed by atoms with E-state index in [4.69, 9.17) is 21.7 Å². The molecule has 0 spiro atoms. The second-order valence-electron chi connectivity index (χ2n) is 6.24. The van der Waals surface area contributed by atoms with Crippen molar-refractivity contribution in [2.24, 2.45) is 0 Å². The fourth-order valence-electron chi connectivity index (χ4n) is 3.09. The molecule has 2 N–H and O–H groups in total. The number of rotatable bonds is 7. The van der Waals surface area contributed by atoms with E-state index in [1.807, 2.05) is 43.5 Å². The van der Waals surface area contributed by atoms with Gasteiger partial charge in [-0.25, -0.2) is 0 Å². The second-order valence-corrected chi connectivity index (χ2v) is 6.65. The maximum absolute atomic E-state index is 5.49. The van der Waals surface area contributed by atoms with Gasteiger partial charge in [0.25, 0.3) is 0 Å². The zero-order chi connectivity index (χ0) is 18.9. The molecule has 0 saturated carbocycles. The Labute approximate surface area is 165 Å². The summed E-state index contributed by atoms with van der Waals surface area (Å²) >= 11 is 5.48. The molecule has 1 unspecified atom stereocenters. The number of nitrogens with zero attached hydrogens (tertiary/aromatic N) is 2. The number of aromatic nitrogens is 1. The summed E-state index contributed by atoms with van der Waals surface area (Å²) < 4.78 is 11.0. The quantitative estimate of drug-likeness (QED) is 0.710. The number of thiocarbonyl (C=S) groups is 1. The minimum atomic E-state index is 0.197. The molecule has 3 rings (SSSR count). The summed E-state index contributed by atoms with van der Waals surface area (Å²) in [5, 5.41) is 7.17. The molecule has 1 aromatic carbocycles. The third kappa shape index (κ3) is 5.89. The van der Waals surface area contributed by atoms with Gasteiger partial charge in [-0.15, -0.1) is 0 Å². The van der Waals surface area contributed by atoms with Crippen LogP contribution in [0.25, 0.3) is 0 Å². The molecule has 1 fully saturated rings. The Morgan fingerprint density at radius 1 is 1.26 bits per heavy atom. The van der Waals surface area contributed by atoms with Gasteiger partial charge in [-0.3, -0.25) is 9.88 Å². The lowest BCUT2D eigenvalue weighted by atomic mass is 10.1. The average molecular weight is 387 g/mol. The van der Waals surface area contributed by atoms with Crippen molar-refractivity contribution in [1.82, 2.24) is 15.2 Å². The predicted molar refractivity (Wildman–Crippen MR) is 111 cm³/mol. The Hall–Kier alpha value is -2.22. The molecule has 0 bridgehead atoms. The Morgan fingerprint density at radius 3 is 2.70 bits per heavy atom. The molecule has 2 aromatic rings. The van der Waals surface area contributed by atoms with Crippen LogP contribution in [-0.2, 0) is 4.74 Å². The maximum Gasteiger partial charge on any atom is 0.170 e. The van der Waals surface area contributed by atoms with Gasteiger partial charge in [-0.05, 0) is 55.0 Å². The summed E-state index contributed by atoms with van der Waals surface area (Å²) in [6.07, 6.45) is 3.72. The zero-order valence-electron chi connectivity index (χ0n) is 15.6. The van der Waals surface area contributed by atoms with Gasteiger partial charge in [0.2, 0.25) is 0 Å². The second kappa shape index (κ2) is 10.2. The highest BCUT2D eigenvalue weighted by atomic mass is 32.1. The highest BCUT2D eigenvalue weighted by Gasteiger charge is 2.22. The van der Waals surface area contributed by atoms with Crippen LogP contribution >= 0.6 is 12.2 Å². The zero-order valence-corrected chi connectivity index (χ0v) is 16.4. The first-order valence-electron chi connectivity index (χ1n) is 9.25. The number of hydrogen-bond donors (Lipinski definition) is 2. The third-order valence-electron chi connectivity index (χ3n) is 4.43. The normalized spacial score (nSPS) is 15.7. The van der Waals surface area contributed by atoms with Gasteiger partial charge in [0, 0.05) is 37.7 Å². The standard InChI is InChI=1S/C20H26N4O2S/c1-2-26-18-7-5-17(6-8-18)23-20(27)22-15-19(16-4-3-9-21-14-16)24-10-12-25-13-11-24/h3-9,14,19H,2,10-13,15H2,1H3,(H2,22,23,27). The SMILES string of the molecule is CCOc1ccc(NC(=S)NCC(c2cccnc2)N2CCOCC2)cc1. The largest absolute Gasteiger partial charge is 0.494 e. The van der Waals surface area contributed by atoms with Gasteiger partial charge in [-0.2, -0.15) is 0 Å². The molecule has 0 amide bonds. The lowest BCUT2D eigenvalue weighted by Crippen LogP contribution is -2.44. The van der Waals surface area contributed by atoms with E-state index in [1.54, 1.807) is 6.20 Å². The van der Waals surface area contributed by atoms with E-state index in [0.29, 0.717) is 18.3 Å². The van der Waals surface area contributed by atoms with Crippen LogP contribution in [0.4, 0.5) is 5.69 Å². The number of nitrogens with one attached hydrogen (secondary N) is 2. The minimum absolute atomic E-state index is 0.197. The van der Waals surface area contributed by atoms with Gasteiger partial charge in [0.15, 0.2) is 5.11 Å². The lowest BCUT2D eigenvalue weighted by molar-refractivity contribution is 0.0170. The molecular weight excluding hydrogens is 360 g/mol. The first-order valence-corrected chi connectivity index (χ1v) is 9.66. The maximum atomic E-state index is 5.49. The molecule has 0 radical (unpaired) electrons. The first-order chi connectivity index (χ1) is 13.3. The van der Waals surface area contributed by atoms with Gasteiger partial charge >= 0.3 is 0 Å². The molecule has 27 heavy (non-hydrogen) atoms. The van der Waals surface area contributed by atoms with E-state index >= 15 is 0 Å². The van der Waals surface area contributed by atoms with Gasteiger partial charge in [0.1, 0.15) is 5.75 Å². The number of ether oxygens (including phenoxy) is 2. The van der Waals surface area contributed by atoms with Crippen molar-refractivity contribution in [3.8, 4) is 5.75 Å². The van der Waals surface area contributed by atoms with Crippen LogP contribution < -0.4 is 15.4 Å². The summed E-state index contributed by atoms with van der Waals surface area (Å²) in [4.78, 5) is 6.68. The first kappa shape index (κ1) is 19.5. The van der Waals surface area contributed by atoms with Crippen molar-refractivity contribution >= 4 is 23.0 Å². The molecule has 1 aromatic heterocycles. The van der Waals surface area contributed by atoms with E-state index < -0.39 is 0 Å². The highest BCUT2D eigenvalue weighted by Crippen LogP contribution is 2.20. The van der Waals surface area contributed by atoms with Crippen molar-refractivity contribution < 1.29 is 9.47 Å². The lowest BCUT2D eigenvalue weighted by Gasteiger charge is -2.35. The smallest absolute Gasteiger partial charge is 0.170 e. The van der Waals surface area contributed by atoms with E-state index in [0.717, 1.165) is 37.7 Å². The Bertz CT molecular complexity index is 706. The van der Waals surface area contributed by atoms with Crippen molar-refractivity contribution in [3.05, 3.63) is 54.4 Å². The van der Waals surface area contributed by atoms with Gasteiger partial charge in [0.05, 0.1) is 25.9 Å². The summed E-state index contributed by atoms with van der Waals surface area (Å²) in [5.41, 5.74) is 2.11. The molecule has 1 saturated heterocycles. The van der Waals surface area contributed by atoms with Crippen LogP contribution in [0.3, 0.4) is 0 Å². The Kier molecular flexibility index (Phi) is 7.38. The molecule has 1 atom stereocenters. The number of anilines is 1. The van der Waals surface area contributed by atoms with Gasteiger partial charge in [-0.1, -0.05) is 6.07 Å². The van der Waals surface area contributed by atoms with E-state index in [-0.39, 0.29) is 6.04 Å². The molecule has 1 aliphatic rings. The van der Waals surface area contributed by atoms with Crippen LogP contribution in [0.5, 0.6) is 5.75 Å². The molecule has 144 valence electrons. The van der Waals surface area contributed by atoms with E-state index in [2.05, 4.69) is 26.6 Å². The molecule has 2 heterocycles. The summed E-state index contributed by atoms with van der Waals surface area (Å²) in [5.74, 6) is 0.853. The van der Waals surface area contributed by atoms with Crippen LogP contribution in [0.2, 0.25) is 0 Å². The van der Waals surface area contributed by atoms with Crippen LogP contribution in [0.15, 0.2) is 48.8 Å². The number of pyridine rings is 1. The third-order valence-corrected chi connectivity index (χ3v) is 4.68. The molecule has 7 heteroatoms. The molecule has 1 aliphatic heterocycles. The Morgan fingerprint density at radius 2 is 2.04 bits per heavy atom. The number of benzene rings is 1. The Balaban J connectivity index is 1.58. The van der Waals surface area contributed by atoms with Crippen molar-refractivity contribution in [2.45, 2.75) is 13.0 Å².